The lowest BCUT2D eigenvalue weighted by atomic mass is 9.78. The van der Waals surface area contributed by atoms with E-state index in [1.807, 2.05) is 6.92 Å². The first-order valence-electron chi connectivity index (χ1n) is 7.91. The number of nitrogens with zero attached hydrogens (tertiary/aromatic N) is 3. The van der Waals surface area contributed by atoms with Crippen molar-refractivity contribution in [2.24, 2.45) is 11.8 Å². The van der Waals surface area contributed by atoms with Crippen molar-refractivity contribution < 1.29 is 4.74 Å². The predicted molar refractivity (Wildman–Crippen MR) is 84.8 cm³/mol. The summed E-state index contributed by atoms with van der Waals surface area (Å²) in [6.07, 6.45) is 5.87. The van der Waals surface area contributed by atoms with Crippen LogP contribution in [0.4, 0.5) is 5.95 Å². The van der Waals surface area contributed by atoms with Gasteiger partial charge >= 0.3 is 6.01 Å². The van der Waals surface area contributed by atoms with Crippen LogP contribution in [0.15, 0.2) is 0 Å². The first-order chi connectivity index (χ1) is 10.1. The lowest BCUT2D eigenvalue weighted by molar-refractivity contribution is 0.252. The van der Waals surface area contributed by atoms with Gasteiger partial charge in [-0.1, -0.05) is 33.6 Å². The van der Waals surface area contributed by atoms with Gasteiger partial charge in [-0.25, -0.2) is 0 Å². The van der Waals surface area contributed by atoms with E-state index in [9.17, 15) is 0 Å². The van der Waals surface area contributed by atoms with Crippen LogP contribution in [0, 0.1) is 11.8 Å². The van der Waals surface area contributed by atoms with Crippen LogP contribution in [0.3, 0.4) is 0 Å². The molecule has 1 N–H and O–H groups in total. The summed E-state index contributed by atoms with van der Waals surface area (Å²) in [6.45, 7) is 7.18. The molecule has 5 nitrogen and oxygen atoms in total. The van der Waals surface area contributed by atoms with E-state index in [1.165, 1.54) is 19.3 Å². The van der Waals surface area contributed by atoms with Crippen LogP contribution in [0.25, 0.3) is 0 Å². The molecule has 1 aromatic heterocycles. The van der Waals surface area contributed by atoms with Gasteiger partial charge in [-0.2, -0.15) is 15.0 Å². The highest BCUT2D eigenvalue weighted by atomic mass is 35.5. The SMILES string of the molecule is CCCOc1nc(Cl)nc(NC2CCCCC2C(C)C)n1. The summed E-state index contributed by atoms with van der Waals surface area (Å²) in [7, 11) is 0. The zero-order valence-corrected chi connectivity index (χ0v) is 13.9. The molecule has 21 heavy (non-hydrogen) atoms. The van der Waals surface area contributed by atoms with Crippen molar-refractivity contribution in [1.82, 2.24) is 15.0 Å². The number of nitrogens with one attached hydrogen (secondary N) is 1. The van der Waals surface area contributed by atoms with Crippen LogP contribution in [-0.2, 0) is 0 Å². The fourth-order valence-electron chi connectivity index (χ4n) is 2.96. The second-order valence-electron chi connectivity index (χ2n) is 6.00. The molecule has 118 valence electrons. The Labute approximate surface area is 131 Å². The molecule has 0 radical (unpaired) electrons. The zero-order valence-electron chi connectivity index (χ0n) is 13.1. The van der Waals surface area contributed by atoms with Crippen LogP contribution in [0.2, 0.25) is 5.28 Å². The number of anilines is 1. The standard InChI is InChI=1S/C15H25ClN4O/c1-4-9-21-15-19-13(16)18-14(20-15)17-12-8-6-5-7-11(12)10(2)3/h10-12H,4-9H2,1-3H3,(H,17,18,19,20). The molecule has 0 spiro atoms. The van der Waals surface area contributed by atoms with Crippen LogP contribution in [-0.4, -0.2) is 27.6 Å². The molecule has 0 saturated heterocycles. The van der Waals surface area contributed by atoms with E-state index in [1.54, 1.807) is 0 Å². The van der Waals surface area contributed by atoms with Gasteiger partial charge in [0, 0.05) is 6.04 Å². The first-order valence-corrected chi connectivity index (χ1v) is 8.29. The fourth-order valence-corrected chi connectivity index (χ4v) is 3.11. The lowest BCUT2D eigenvalue weighted by Gasteiger charge is -2.34. The van der Waals surface area contributed by atoms with Crippen molar-refractivity contribution in [1.29, 1.82) is 0 Å². The third-order valence-corrected chi connectivity index (χ3v) is 4.18. The third kappa shape index (κ3) is 4.70. The van der Waals surface area contributed by atoms with E-state index in [0.29, 0.717) is 36.4 Å². The summed E-state index contributed by atoms with van der Waals surface area (Å²) in [5.41, 5.74) is 0. The quantitative estimate of drug-likeness (QED) is 0.862. The number of hydrogen-bond donors (Lipinski definition) is 1. The smallest absolute Gasteiger partial charge is 0.322 e. The van der Waals surface area contributed by atoms with E-state index in [4.69, 9.17) is 16.3 Å². The molecule has 1 aliphatic carbocycles. The van der Waals surface area contributed by atoms with Gasteiger partial charge in [0.2, 0.25) is 11.2 Å². The number of rotatable bonds is 6. The molecule has 1 fully saturated rings. The molecule has 2 atom stereocenters. The summed E-state index contributed by atoms with van der Waals surface area (Å²) in [4.78, 5) is 12.5. The van der Waals surface area contributed by atoms with Gasteiger partial charge in [-0.05, 0) is 42.7 Å². The van der Waals surface area contributed by atoms with Crippen molar-refractivity contribution >= 4 is 17.5 Å². The average Bonchev–Trinajstić information content (AvgIpc) is 2.45. The van der Waals surface area contributed by atoms with E-state index >= 15 is 0 Å². The van der Waals surface area contributed by atoms with Crippen molar-refractivity contribution in [3.05, 3.63) is 5.28 Å². The maximum absolute atomic E-state index is 5.96. The van der Waals surface area contributed by atoms with Crippen LogP contribution >= 0.6 is 11.6 Å². The van der Waals surface area contributed by atoms with Gasteiger partial charge in [0.25, 0.3) is 0 Å². The molecule has 6 heteroatoms. The summed E-state index contributed by atoms with van der Waals surface area (Å²) in [5, 5.41) is 3.62. The van der Waals surface area contributed by atoms with Crippen molar-refractivity contribution in [3.63, 3.8) is 0 Å². The van der Waals surface area contributed by atoms with Gasteiger partial charge < -0.3 is 10.1 Å². The Balaban J connectivity index is 2.08. The zero-order chi connectivity index (χ0) is 15.2. The third-order valence-electron chi connectivity index (χ3n) is 4.01. The van der Waals surface area contributed by atoms with Crippen molar-refractivity contribution in [2.45, 2.75) is 58.9 Å². The Kier molecular flexibility index (Phi) is 6.03. The highest BCUT2D eigenvalue weighted by molar-refractivity contribution is 6.28. The number of aromatic nitrogens is 3. The van der Waals surface area contributed by atoms with Gasteiger partial charge in [0.05, 0.1) is 6.61 Å². The number of hydrogen-bond acceptors (Lipinski definition) is 5. The van der Waals surface area contributed by atoms with Gasteiger partial charge in [-0.3, -0.25) is 0 Å². The highest BCUT2D eigenvalue weighted by Crippen LogP contribution is 2.32. The minimum absolute atomic E-state index is 0.176. The van der Waals surface area contributed by atoms with Crippen molar-refractivity contribution in [2.75, 3.05) is 11.9 Å². The molecule has 0 amide bonds. The molecule has 2 rings (SSSR count). The Morgan fingerprint density at radius 3 is 2.71 bits per heavy atom. The number of halogens is 1. The first kappa shape index (κ1) is 16.3. The topological polar surface area (TPSA) is 59.9 Å². The van der Waals surface area contributed by atoms with Crippen molar-refractivity contribution in [3.8, 4) is 6.01 Å². The lowest BCUT2D eigenvalue weighted by Crippen LogP contribution is -2.35. The molecular formula is C15H25ClN4O. The minimum atomic E-state index is 0.176. The van der Waals surface area contributed by atoms with Crippen LogP contribution < -0.4 is 10.1 Å². The molecule has 0 bridgehead atoms. The molecule has 0 aliphatic heterocycles. The van der Waals surface area contributed by atoms with E-state index in [2.05, 4.69) is 34.1 Å². The molecule has 1 aromatic rings. The van der Waals surface area contributed by atoms with E-state index in [-0.39, 0.29) is 5.28 Å². The summed E-state index contributed by atoms with van der Waals surface area (Å²) in [5.74, 6) is 1.82. The second kappa shape index (κ2) is 7.78. The maximum Gasteiger partial charge on any atom is 0.322 e. The van der Waals surface area contributed by atoms with Gasteiger partial charge in [-0.15, -0.1) is 0 Å². The molecule has 1 saturated carbocycles. The Bertz CT molecular complexity index is 455. The Morgan fingerprint density at radius 2 is 2.00 bits per heavy atom. The largest absolute Gasteiger partial charge is 0.463 e. The normalized spacial score (nSPS) is 22.3. The van der Waals surface area contributed by atoms with E-state index < -0.39 is 0 Å². The molecule has 2 unspecified atom stereocenters. The molecule has 1 aliphatic rings. The summed E-state index contributed by atoms with van der Waals surface area (Å²) < 4.78 is 5.45. The van der Waals surface area contributed by atoms with Crippen LogP contribution in [0.1, 0.15) is 52.9 Å². The summed E-state index contributed by atoms with van der Waals surface area (Å²) >= 11 is 5.96. The predicted octanol–water partition coefficient (Wildman–Crippen LogP) is 3.94. The molecular weight excluding hydrogens is 288 g/mol. The highest BCUT2D eigenvalue weighted by Gasteiger charge is 2.28. The Hall–Kier alpha value is -1.10. The maximum atomic E-state index is 5.96. The van der Waals surface area contributed by atoms with E-state index in [0.717, 1.165) is 12.8 Å². The van der Waals surface area contributed by atoms with Gasteiger partial charge in [0.15, 0.2) is 0 Å². The molecule has 0 aromatic carbocycles. The van der Waals surface area contributed by atoms with Crippen LogP contribution in [0.5, 0.6) is 6.01 Å². The minimum Gasteiger partial charge on any atom is -0.463 e. The monoisotopic (exact) mass is 312 g/mol. The second-order valence-corrected chi connectivity index (χ2v) is 6.34. The van der Waals surface area contributed by atoms with Gasteiger partial charge in [0.1, 0.15) is 0 Å². The summed E-state index contributed by atoms with van der Waals surface area (Å²) in [6, 6.07) is 0.701. The molecule has 1 heterocycles. The average molecular weight is 313 g/mol. The Morgan fingerprint density at radius 1 is 1.24 bits per heavy atom. The fraction of sp³-hybridized carbons (Fsp3) is 0.800. The number of ether oxygens (including phenoxy) is 1.